The lowest BCUT2D eigenvalue weighted by Gasteiger charge is -2.40. The molecule has 108 valence electrons. The van der Waals surface area contributed by atoms with Crippen molar-refractivity contribution in [1.82, 2.24) is 4.98 Å². The van der Waals surface area contributed by atoms with E-state index in [1.807, 2.05) is 0 Å². The minimum absolute atomic E-state index is 0.0994. The van der Waals surface area contributed by atoms with Crippen molar-refractivity contribution in [2.45, 2.75) is 31.3 Å². The van der Waals surface area contributed by atoms with Gasteiger partial charge in [-0.3, -0.25) is 0 Å². The van der Waals surface area contributed by atoms with E-state index in [2.05, 4.69) is 25.8 Å². The van der Waals surface area contributed by atoms with Crippen LogP contribution in [0, 0.1) is 0 Å². The van der Waals surface area contributed by atoms with Gasteiger partial charge in [0, 0.05) is 19.3 Å². The Morgan fingerprint density at radius 2 is 2.20 bits per heavy atom. The fraction of sp³-hybridized carbons (Fsp3) is 0.571. The quantitative estimate of drug-likeness (QED) is 0.896. The third-order valence-corrected chi connectivity index (χ3v) is 4.82. The summed E-state index contributed by atoms with van der Waals surface area (Å²) in [6.07, 6.45) is 6.01. The van der Waals surface area contributed by atoms with Crippen LogP contribution in [0.25, 0.3) is 0 Å². The number of carbonyl (C=O) groups is 1. The molecule has 20 heavy (non-hydrogen) atoms. The van der Waals surface area contributed by atoms with E-state index in [1.54, 1.807) is 6.07 Å². The normalized spacial score (nSPS) is 21.4. The summed E-state index contributed by atoms with van der Waals surface area (Å²) in [6.45, 7) is 2.40. The molecule has 1 spiro atoms. The van der Waals surface area contributed by atoms with E-state index in [0.717, 1.165) is 42.6 Å². The minimum Gasteiger partial charge on any atom is -0.478 e. The van der Waals surface area contributed by atoms with Crippen molar-refractivity contribution >= 4 is 27.7 Å². The first kappa shape index (κ1) is 13.8. The van der Waals surface area contributed by atoms with Gasteiger partial charge in [-0.2, -0.15) is 0 Å². The van der Waals surface area contributed by atoms with Gasteiger partial charge in [0.15, 0.2) is 0 Å². The number of carboxylic acids is 1. The van der Waals surface area contributed by atoms with E-state index in [0.29, 0.717) is 6.61 Å². The summed E-state index contributed by atoms with van der Waals surface area (Å²) in [4.78, 5) is 17.4. The Balaban J connectivity index is 1.77. The first-order valence-electron chi connectivity index (χ1n) is 6.87. The van der Waals surface area contributed by atoms with Crippen molar-refractivity contribution in [1.29, 1.82) is 0 Å². The SMILES string of the molecule is O=C(O)c1cnc(N2CCOC3(CCC3)CC2)c(Br)c1. The molecule has 0 aromatic carbocycles. The highest BCUT2D eigenvalue weighted by Crippen LogP contribution is 2.40. The largest absolute Gasteiger partial charge is 0.478 e. The summed E-state index contributed by atoms with van der Waals surface area (Å²) in [5.41, 5.74) is 0.296. The topological polar surface area (TPSA) is 62.7 Å². The lowest BCUT2D eigenvalue weighted by atomic mass is 9.77. The zero-order chi connectivity index (χ0) is 14.2. The van der Waals surface area contributed by atoms with E-state index in [9.17, 15) is 4.79 Å². The van der Waals surface area contributed by atoms with Gasteiger partial charge in [-0.1, -0.05) is 0 Å². The molecule has 0 unspecified atom stereocenters. The Kier molecular flexibility index (Phi) is 3.69. The van der Waals surface area contributed by atoms with Gasteiger partial charge in [0.25, 0.3) is 0 Å². The van der Waals surface area contributed by atoms with E-state index >= 15 is 0 Å². The van der Waals surface area contributed by atoms with Crippen LogP contribution in [0.1, 0.15) is 36.0 Å². The van der Waals surface area contributed by atoms with Crippen LogP contribution in [0.2, 0.25) is 0 Å². The number of aromatic carboxylic acids is 1. The molecule has 0 atom stereocenters. The third kappa shape index (κ3) is 2.54. The average Bonchev–Trinajstić information content (AvgIpc) is 2.60. The molecule has 2 aliphatic rings. The predicted molar refractivity (Wildman–Crippen MR) is 78.3 cm³/mol. The first-order chi connectivity index (χ1) is 9.60. The first-order valence-corrected chi connectivity index (χ1v) is 7.67. The van der Waals surface area contributed by atoms with Gasteiger partial charge in [-0.15, -0.1) is 0 Å². The second-order valence-corrected chi connectivity index (χ2v) is 6.31. The molecule has 2 heterocycles. The highest BCUT2D eigenvalue weighted by molar-refractivity contribution is 9.10. The molecular formula is C14H17BrN2O3. The fourth-order valence-electron chi connectivity index (χ4n) is 2.85. The van der Waals surface area contributed by atoms with Crippen LogP contribution >= 0.6 is 15.9 Å². The average molecular weight is 341 g/mol. The highest BCUT2D eigenvalue weighted by Gasteiger charge is 2.39. The summed E-state index contributed by atoms with van der Waals surface area (Å²) in [5.74, 6) is -0.160. The molecular weight excluding hydrogens is 324 g/mol. The molecule has 1 saturated heterocycles. The van der Waals surface area contributed by atoms with E-state index in [1.165, 1.54) is 12.6 Å². The van der Waals surface area contributed by atoms with Crippen molar-refractivity contribution in [2.24, 2.45) is 0 Å². The van der Waals surface area contributed by atoms with E-state index in [-0.39, 0.29) is 11.2 Å². The number of rotatable bonds is 2. The van der Waals surface area contributed by atoms with Crippen LogP contribution < -0.4 is 4.90 Å². The van der Waals surface area contributed by atoms with Crippen molar-refractivity contribution in [2.75, 3.05) is 24.6 Å². The van der Waals surface area contributed by atoms with Crippen molar-refractivity contribution in [3.63, 3.8) is 0 Å². The van der Waals surface area contributed by atoms with Crippen LogP contribution in [0.15, 0.2) is 16.7 Å². The van der Waals surface area contributed by atoms with E-state index < -0.39 is 5.97 Å². The van der Waals surface area contributed by atoms with Gasteiger partial charge in [0.1, 0.15) is 5.82 Å². The lowest BCUT2D eigenvalue weighted by Crippen LogP contribution is -2.40. The number of carboxylic acid groups (broad SMARTS) is 1. The number of nitrogens with zero attached hydrogens (tertiary/aromatic N) is 2. The Labute approximate surface area is 126 Å². The third-order valence-electron chi connectivity index (χ3n) is 4.24. The summed E-state index contributed by atoms with van der Waals surface area (Å²) in [5, 5.41) is 8.97. The van der Waals surface area contributed by atoms with Crippen LogP contribution in [-0.2, 0) is 4.74 Å². The minimum atomic E-state index is -0.961. The monoisotopic (exact) mass is 340 g/mol. The summed E-state index contributed by atoms with van der Waals surface area (Å²) < 4.78 is 6.73. The molecule has 1 N–H and O–H groups in total. The van der Waals surface area contributed by atoms with Crippen LogP contribution in [-0.4, -0.2) is 41.4 Å². The molecule has 1 aromatic rings. The number of halogens is 1. The number of hydrogen-bond acceptors (Lipinski definition) is 4. The van der Waals surface area contributed by atoms with Gasteiger partial charge in [0.2, 0.25) is 0 Å². The van der Waals surface area contributed by atoms with Gasteiger partial charge in [0.05, 0.1) is 22.2 Å². The zero-order valence-electron chi connectivity index (χ0n) is 11.1. The van der Waals surface area contributed by atoms with Gasteiger partial charge in [-0.05, 0) is 47.7 Å². The maximum atomic E-state index is 10.9. The Hall–Kier alpha value is -1.14. The molecule has 0 radical (unpaired) electrons. The zero-order valence-corrected chi connectivity index (χ0v) is 12.7. The summed E-state index contributed by atoms with van der Waals surface area (Å²) >= 11 is 3.43. The van der Waals surface area contributed by atoms with Gasteiger partial charge < -0.3 is 14.7 Å². The van der Waals surface area contributed by atoms with Crippen molar-refractivity contribution < 1.29 is 14.6 Å². The van der Waals surface area contributed by atoms with Gasteiger partial charge >= 0.3 is 5.97 Å². The molecule has 1 aliphatic heterocycles. The van der Waals surface area contributed by atoms with Crippen LogP contribution in [0.3, 0.4) is 0 Å². The molecule has 2 fully saturated rings. The summed E-state index contributed by atoms with van der Waals surface area (Å²) in [7, 11) is 0. The molecule has 6 heteroatoms. The van der Waals surface area contributed by atoms with Crippen molar-refractivity contribution in [3.8, 4) is 0 Å². The Morgan fingerprint density at radius 3 is 2.80 bits per heavy atom. The molecule has 0 bridgehead atoms. The predicted octanol–water partition coefficient (Wildman–Crippen LogP) is 2.69. The number of pyridine rings is 1. The van der Waals surface area contributed by atoms with E-state index in [4.69, 9.17) is 9.84 Å². The number of ether oxygens (including phenoxy) is 1. The number of anilines is 1. The molecule has 1 aromatic heterocycles. The molecule has 5 nitrogen and oxygen atoms in total. The molecule has 1 saturated carbocycles. The second-order valence-electron chi connectivity index (χ2n) is 5.46. The number of aromatic nitrogens is 1. The standard InChI is InChI=1S/C14H17BrN2O3/c15-11-8-10(13(18)19)9-16-12(11)17-5-4-14(2-1-3-14)20-7-6-17/h8-9H,1-7H2,(H,18,19). The van der Waals surface area contributed by atoms with Crippen LogP contribution in [0.4, 0.5) is 5.82 Å². The second kappa shape index (κ2) is 5.33. The Morgan fingerprint density at radius 1 is 1.40 bits per heavy atom. The van der Waals surface area contributed by atoms with Crippen LogP contribution in [0.5, 0.6) is 0 Å². The molecule has 1 aliphatic carbocycles. The maximum Gasteiger partial charge on any atom is 0.337 e. The highest BCUT2D eigenvalue weighted by atomic mass is 79.9. The summed E-state index contributed by atoms with van der Waals surface area (Å²) in [6, 6.07) is 1.61. The molecule has 0 amide bonds. The number of hydrogen-bond donors (Lipinski definition) is 1. The molecule has 3 rings (SSSR count). The maximum absolute atomic E-state index is 10.9. The van der Waals surface area contributed by atoms with Crippen molar-refractivity contribution in [3.05, 3.63) is 22.3 Å². The Bertz CT molecular complexity index is 531. The lowest BCUT2D eigenvalue weighted by molar-refractivity contribution is -0.0928. The smallest absolute Gasteiger partial charge is 0.337 e. The fourth-order valence-corrected chi connectivity index (χ4v) is 3.45. The van der Waals surface area contributed by atoms with Gasteiger partial charge in [-0.25, -0.2) is 9.78 Å².